The molecule has 0 saturated carbocycles. The third-order valence-electron chi connectivity index (χ3n) is 1.94. The normalized spacial score (nSPS) is 11.0. The molecule has 0 amide bonds. The Labute approximate surface area is 78.2 Å². The van der Waals surface area contributed by atoms with Crippen molar-refractivity contribution in [2.75, 3.05) is 13.1 Å². The molecule has 2 nitrogen and oxygen atoms in total. The molecule has 3 heteroatoms. The summed E-state index contributed by atoms with van der Waals surface area (Å²) < 4.78 is 0. The fourth-order valence-electron chi connectivity index (χ4n) is 1.15. The van der Waals surface area contributed by atoms with Gasteiger partial charge in [-0.1, -0.05) is 13.8 Å². The molecule has 0 aromatic carbocycles. The van der Waals surface area contributed by atoms with Gasteiger partial charge in [-0.2, -0.15) is 0 Å². The lowest BCUT2D eigenvalue weighted by Gasteiger charge is -2.15. The molecule has 0 N–H and O–H groups in total. The third-order valence-corrected chi connectivity index (χ3v) is 2.84. The number of hydrogen-bond acceptors (Lipinski definition) is 3. The minimum Gasteiger partial charge on any atom is -0.299 e. The molecule has 1 rings (SSSR count). The fourth-order valence-corrected chi connectivity index (χ4v) is 1.98. The van der Waals surface area contributed by atoms with Gasteiger partial charge in [0.15, 0.2) is 0 Å². The average Bonchev–Trinajstić information content (AvgIpc) is 2.47. The summed E-state index contributed by atoms with van der Waals surface area (Å²) in [6.45, 7) is 9.73. The van der Waals surface area contributed by atoms with E-state index in [9.17, 15) is 0 Å². The van der Waals surface area contributed by atoms with Crippen LogP contribution >= 0.6 is 11.3 Å². The van der Waals surface area contributed by atoms with Crippen molar-refractivity contribution in [3.8, 4) is 0 Å². The van der Waals surface area contributed by atoms with Crippen LogP contribution in [-0.2, 0) is 6.54 Å². The van der Waals surface area contributed by atoms with Crippen LogP contribution in [0.1, 0.15) is 23.7 Å². The number of thiazole rings is 1. The van der Waals surface area contributed by atoms with E-state index in [1.54, 1.807) is 11.3 Å². The number of nitrogens with zero attached hydrogens (tertiary/aromatic N) is 2. The molecule has 0 atom stereocenters. The molecule has 1 aromatic heterocycles. The first-order chi connectivity index (χ1) is 5.76. The Morgan fingerprint density at radius 3 is 2.50 bits per heavy atom. The highest BCUT2D eigenvalue weighted by atomic mass is 32.1. The minimum absolute atomic E-state index is 1.05. The van der Waals surface area contributed by atoms with E-state index in [1.807, 2.05) is 6.20 Å². The van der Waals surface area contributed by atoms with Gasteiger partial charge in [-0.05, 0) is 20.0 Å². The number of aromatic nitrogens is 1. The van der Waals surface area contributed by atoms with Crippen LogP contribution in [0.25, 0.3) is 0 Å². The van der Waals surface area contributed by atoms with Crippen molar-refractivity contribution in [3.05, 3.63) is 16.1 Å². The molecule has 1 heterocycles. The van der Waals surface area contributed by atoms with Crippen molar-refractivity contribution >= 4 is 11.3 Å². The highest BCUT2D eigenvalue weighted by molar-refractivity contribution is 7.11. The Morgan fingerprint density at radius 1 is 1.42 bits per heavy atom. The van der Waals surface area contributed by atoms with Crippen LogP contribution in [-0.4, -0.2) is 23.0 Å². The monoisotopic (exact) mass is 184 g/mol. The van der Waals surface area contributed by atoms with Gasteiger partial charge in [-0.25, -0.2) is 4.98 Å². The van der Waals surface area contributed by atoms with Crippen LogP contribution in [0.2, 0.25) is 0 Å². The quantitative estimate of drug-likeness (QED) is 0.713. The second-order valence-electron chi connectivity index (χ2n) is 2.81. The van der Waals surface area contributed by atoms with Gasteiger partial charge in [0.25, 0.3) is 0 Å². The van der Waals surface area contributed by atoms with Gasteiger partial charge in [0.2, 0.25) is 0 Å². The Morgan fingerprint density at radius 2 is 2.08 bits per heavy atom. The molecule has 0 unspecified atom stereocenters. The van der Waals surface area contributed by atoms with Crippen molar-refractivity contribution in [1.82, 2.24) is 9.88 Å². The molecular weight excluding hydrogens is 168 g/mol. The van der Waals surface area contributed by atoms with Crippen LogP contribution in [0.3, 0.4) is 0 Å². The summed E-state index contributed by atoms with van der Waals surface area (Å²) >= 11 is 1.79. The molecule has 0 aliphatic heterocycles. The standard InChI is InChI=1S/C9H16N2S/c1-4-11(5-2)7-9-6-10-8(3)12-9/h6H,4-5,7H2,1-3H3. The maximum Gasteiger partial charge on any atom is 0.0897 e. The van der Waals surface area contributed by atoms with Crippen molar-refractivity contribution in [1.29, 1.82) is 0 Å². The van der Waals surface area contributed by atoms with E-state index in [4.69, 9.17) is 0 Å². The van der Waals surface area contributed by atoms with Gasteiger partial charge in [0.05, 0.1) is 5.01 Å². The van der Waals surface area contributed by atoms with E-state index in [-0.39, 0.29) is 0 Å². The molecule has 0 aliphatic carbocycles. The predicted octanol–water partition coefficient (Wildman–Crippen LogP) is 2.29. The van der Waals surface area contributed by atoms with Crippen LogP contribution in [0.5, 0.6) is 0 Å². The molecule has 0 spiro atoms. The summed E-state index contributed by atoms with van der Waals surface area (Å²) in [6, 6.07) is 0. The second-order valence-corrected chi connectivity index (χ2v) is 4.13. The minimum atomic E-state index is 1.05. The zero-order chi connectivity index (χ0) is 8.97. The number of hydrogen-bond donors (Lipinski definition) is 0. The molecule has 0 bridgehead atoms. The van der Waals surface area contributed by atoms with Crippen molar-refractivity contribution in [3.63, 3.8) is 0 Å². The second kappa shape index (κ2) is 4.58. The first kappa shape index (κ1) is 9.68. The maximum absolute atomic E-state index is 4.23. The van der Waals surface area contributed by atoms with Crippen molar-refractivity contribution in [2.45, 2.75) is 27.3 Å². The summed E-state index contributed by atoms with van der Waals surface area (Å²) in [5.41, 5.74) is 0. The van der Waals surface area contributed by atoms with Crippen LogP contribution in [0.4, 0.5) is 0 Å². The highest BCUT2D eigenvalue weighted by Gasteiger charge is 2.02. The first-order valence-electron chi connectivity index (χ1n) is 4.40. The van der Waals surface area contributed by atoms with Gasteiger partial charge in [0, 0.05) is 17.6 Å². The summed E-state index contributed by atoms with van der Waals surface area (Å²) in [4.78, 5) is 8.00. The van der Waals surface area contributed by atoms with Crippen LogP contribution in [0.15, 0.2) is 6.20 Å². The Balaban J connectivity index is 2.50. The van der Waals surface area contributed by atoms with Gasteiger partial charge in [0.1, 0.15) is 0 Å². The Hall–Kier alpha value is -0.410. The maximum atomic E-state index is 4.23. The summed E-state index contributed by atoms with van der Waals surface area (Å²) in [5, 5.41) is 1.16. The van der Waals surface area contributed by atoms with Crippen molar-refractivity contribution in [2.24, 2.45) is 0 Å². The fraction of sp³-hybridized carbons (Fsp3) is 0.667. The topological polar surface area (TPSA) is 16.1 Å². The lowest BCUT2D eigenvalue weighted by atomic mass is 10.4. The van der Waals surface area contributed by atoms with Gasteiger partial charge in [-0.15, -0.1) is 11.3 Å². The molecule has 0 aliphatic rings. The van der Waals surface area contributed by atoms with E-state index in [0.29, 0.717) is 0 Å². The number of rotatable bonds is 4. The lowest BCUT2D eigenvalue weighted by molar-refractivity contribution is 0.298. The Kier molecular flexibility index (Phi) is 3.69. The van der Waals surface area contributed by atoms with Crippen molar-refractivity contribution < 1.29 is 0 Å². The van der Waals surface area contributed by atoms with E-state index in [0.717, 1.165) is 24.6 Å². The molecule has 0 fully saturated rings. The lowest BCUT2D eigenvalue weighted by Crippen LogP contribution is -2.21. The SMILES string of the molecule is CCN(CC)Cc1cnc(C)s1. The average molecular weight is 184 g/mol. The van der Waals surface area contributed by atoms with E-state index < -0.39 is 0 Å². The smallest absolute Gasteiger partial charge is 0.0897 e. The van der Waals surface area contributed by atoms with Gasteiger partial charge >= 0.3 is 0 Å². The van der Waals surface area contributed by atoms with Gasteiger partial charge < -0.3 is 0 Å². The summed E-state index contributed by atoms with van der Waals surface area (Å²) in [7, 11) is 0. The third kappa shape index (κ3) is 2.57. The molecule has 0 radical (unpaired) electrons. The Bertz CT molecular complexity index is 228. The highest BCUT2D eigenvalue weighted by Crippen LogP contribution is 2.13. The molecule has 12 heavy (non-hydrogen) atoms. The summed E-state index contributed by atoms with van der Waals surface area (Å²) in [6.07, 6.45) is 1.98. The van der Waals surface area contributed by atoms with Crippen LogP contribution in [0, 0.1) is 6.92 Å². The molecular formula is C9H16N2S. The van der Waals surface area contributed by atoms with E-state index >= 15 is 0 Å². The van der Waals surface area contributed by atoms with E-state index in [1.165, 1.54) is 4.88 Å². The number of aryl methyl sites for hydroxylation is 1. The molecule has 68 valence electrons. The van der Waals surface area contributed by atoms with Crippen LogP contribution < -0.4 is 0 Å². The zero-order valence-corrected chi connectivity index (χ0v) is 8.82. The molecule has 0 saturated heterocycles. The van der Waals surface area contributed by atoms with E-state index in [2.05, 4.69) is 30.7 Å². The molecule has 1 aromatic rings. The van der Waals surface area contributed by atoms with Gasteiger partial charge in [-0.3, -0.25) is 4.90 Å². The zero-order valence-electron chi connectivity index (χ0n) is 8.00. The first-order valence-corrected chi connectivity index (χ1v) is 5.21. The summed E-state index contributed by atoms with van der Waals surface area (Å²) in [5.74, 6) is 0. The largest absolute Gasteiger partial charge is 0.299 e. The predicted molar refractivity (Wildman–Crippen MR) is 53.5 cm³/mol.